The first-order valence-electron chi connectivity index (χ1n) is 8.83. The summed E-state index contributed by atoms with van der Waals surface area (Å²) in [4.78, 5) is 18.5. The van der Waals surface area contributed by atoms with Crippen molar-refractivity contribution in [3.05, 3.63) is 34.7 Å². The lowest BCUT2D eigenvalue weighted by molar-refractivity contribution is -0.113. The van der Waals surface area contributed by atoms with Gasteiger partial charge in [-0.05, 0) is 52.2 Å². The van der Waals surface area contributed by atoms with E-state index < -0.39 is 6.10 Å². The number of aliphatic hydroxyl groups excluding tert-OH is 1. The van der Waals surface area contributed by atoms with Crippen LogP contribution in [0.15, 0.2) is 17.8 Å². The number of hydrogen-bond donors (Lipinski definition) is 1. The molecule has 1 aromatic heterocycles. The van der Waals surface area contributed by atoms with Gasteiger partial charge < -0.3 is 14.7 Å². The van der Waals surface area contributed by atoms with E-state index in [1.165, 1.54) is 6.92 Å². The lowest BCUT2D eigenvalue weighted by atomic mass is 9.91. The second kappa shape index (κ2) is 7.98. The number of piperidine rings is 1. The van der Waals surface area contributed by atoms with Gasteiger partial charge in [0.1, 0.15) is 11.6 Å². The van der Waals surface area contributed by atoms with E-state index in [1.807, 2.05) is 6.92 Å². The molecule has 26 heavy (non-hydrogen) atoms. The number of methoxy groups -OCH3 is 1. The maximum Gasteiger partial charge on any atom is 0.172 e. The van der Waals surface area contributed by atoms with E-state index in [0.717, 1.165) is 24.0 Å². The number of aryl methyl sites for hydroxylation is 1. The highest BCUT2D eigenvalue weighted by Crippen LogP contribution is 2.34. The molecule has 1 fully saturated rings. The van der Waals surface area contributed by atoms with Gasteiger partial charge in [0.05, 0.1) is 23.1 Å². The molecule has 6 nitrogen and oxygen atoms in total. The van der Waals surface area contributed by atoms with Gasteiger partial charge in [0.15, 0.2) is 5.78 Å². The van der Waals surface area contributed by atoms with Crippen molar-refractivity contribution < 1.29 is 14.6 Å². The lowest BCUT2D eigenvalue weighted by Gasteiger charge is -2.41. The summed E-state index contributed by atoms with van der Waals surface area (Å²) in [6.07, 6.45) is 2.56. The number of hydrogen-bond acceptors (Lipinski definition) is 6. The quantitative estimate of drug-likeness (QED) is 0.644. The topological polar surface area (TPSA) is 86.5 Å². The van der Waals surface area contributed by atoms with Crippen LogP contribution in [-0.2, 0) is 9.53 Å². The maximum absolute atomic E-state index is 12.1. The first kappa shape index (κ1) is 20.1. The molecule has 0 radical (unpaired) electrons. The number of aromatic nitrogens is 1. The molecule has 140 valence electrons. The predicted molar refractivity (Wildman–Crippen MR) is 99.0 cm³/mol. The van der Waals surface area contributed by atoms with Crippen LogP contribution in [0, 0.1) is 18.3 Å². The van der Waals surface area contributed by atoms with Crippen LogP contribution >= 0.6 is 0 Å². The number of ketones is 1. The average Bonchev–Trinajstić information content (AvgIpc) is 2.61. The van der Waals surface area contributed by atoms with E-state index >= 15 is 0 Å². The maximum atomic E-state index is 12.1. The molecule has 2 rings (SSSR count). The number of nitriles is 1. The fourth-order valence-electron chi connectivity index (χ4n) is 3.19. The van der Waals surface area contributed by atoms with Crippen LogP contribution in [-0.4, -0.2) is 46.6 Å². The zero-order chi connectivity index (χ0) is 19.5. The molecule has 1 aromatic rings. The Morgan fingerprint density at radius 3 is 2.54 bits per heavy atom. The Kier molecular flexibility index (Phi) is 6.17. The molecule has 0 aliphatic carbocycles. The van der Waals surface area contributed by atoms with Crippen molar-refractivity contribution in [2.24, 2.45) is 0 Å². The van der Waals surface area contributed by atoms with Gasteiger partial charge in [-0.25, -0.2) is 0 Å². The van der Waals surface area contributed by atoms with Crippen LogP contribution in [0.5, 0.6) is 0 Å². The van der Waals surface area contributed by atoms with Gasteiger partial charge in [0.2, 0.25) is 0 Å². The molecule has 0 unspecified atom stereocenters. The number of allylic oxidation sites excluding steroid dienone is 1. The van der Waals surface area contributed by atoms with Crippen LogP contribution in [0.4, 0.5) is 0 Å². The van der Waals surface area contributed by atoms with Crippen molar-refractivity contribution in [1.29, 1.82) is 5.26 Å². The minimum atomic E-state index is -0.725. The molecule has 1 aliphatic heterocycles. The summed E-state index contributed by atoms with van der Waals surface area (Å²) in [5, 5.41) is 19.5. The van der Waals surface area contributed by atoms with Gasteiger partial charge in [-0.15, -0.1) is 0 Å². The number of rotatable bonds is 5. The number of carbonyl (C=O) groups is 1. The zero-order valence-corrected chi connectivity index (χ0v) is 16.2. The molecular formula is C20H27N3O3. The van der Waals surface area contributed by atoms with E-state index in [1.54, 1.807) is 26.3 Å². The second-order valence-corrected chi connectivity index (χ2v) is 7.13. The Balaban J connectivity index is 2.57. The van der Waals surface area contributed by atoms with E-state index in [0.29, 0.717) is 24.5 Å². The number of nitrogens with zero attached hydrogens (tertiary/aromatic N) is 3. The van der Waals surface area contributed by atoms with Crippen molar-refractivity contribution in [3.8, 4) is 6.07 Å². The first-order chi connectivity index (χ1) is 12.2. The molecule has 1 N–H and O–H groups in total. The molecule has 2 heterocycles. The average molecular weight is 357 g/mol. The number of ether oxygens (including phenoxy) is 1. The van der Waals surface area contributed by atoms with E-state index in [2.05, 4.69) is 22.9 Å². The van der Waals surface area contributed by atoms with Crippen molar-refractivity contribution >= 4 is 11.5 Å². The molecule has 0 saturated carbocycles. The van der Waals surface area contributed by atoms with E-state index in [4.69, 9.17) is 4.74 Å². The Hall–Kier alpha value is -2.23. The third kappa shape index (κ3) is 4.12. The largest absolute Gasteiger partial charge is 0.387 e. The van der Waals surface area contributed by atoms with Gasteiger partial charge >= 0.3 is 0 Å². The number of pyridine rings is 1. The monoisotopic (exact) mass is 357 g/mol. The third-order valence-electron chi connectivity index (χ3n) is 5.14. The van der Waals surface area contributed by atoms with Crippen LogP contribution < -0.4 is 0 Å². The van der Waals surface area contributed by atoms with E-state index in [9.17, 15) is 15.2 Å². The molecule has 1 atom stereocenters. The predicted octanol–water partition coefficient (Wildman–Crippen LogP) is 2.77. The Bertz CT molecular complexity index is 754. The molecule has 0 bridgehead atoms. The summed E-state index contributed by atoms with van der Waals surface area (Å²) in [5.74, 6) is -0.266. The van der Waals surface area contributed by atoms with Crippen LogP contribution in [0.1, 0.15) is 56.5 Å². The Morgan fingerprint density at radius 2 is 2.08 bits per heavy atom. The fourth-order valence-corrected chi connectivity index (χ4v) is 3.19. The molecule has 6 heteroatoms. The molecule has 0 amide bonds. The van der Waals surface area contributed by atoms with Crippen molar-refractivity contribution in [1.82, 2.24) is 9.88 Å². The summed E-state index contributed by atoms with van der Waals surface area (Å²) < 4.78 is 5.60. The van der Waals surface area contributed by atoms with Crippen molar-refractivity contribution in [3.63, 3.8) is 0 Å². The third-order valence-corrected chi connectivity index (χ3v) is 5.14. The summed E-state index contributed by atoms with van der Waals surface area (Å²) in [6.45, 7) is 8.40. The summed E-state index contributed by atoms with van der Waals surface area (Å²) in [5.41, 5.74) is 2.71. The number of Topliss-reactive ketones (excluding diaryl/α,β-unsaturated/α-hetero) is 1. The van der Waals surface area contributed by atoms with E-state index in [-0.39, 0.29) is 17.0 Å². The Morgan fingerprint density at radius 1 is 1.46 bits per heavy atom. The minimum Gasteiger partial charge on any atom is -0.387 e. The molecule has 1 aliphatic rings. The van der Waals surface area contributed by atoms with Gasteiger partial charge in [-0.2, -0.15) is 5.26 Å². The number of likely N-dealkylation sites (tertiary alicyclic amines) is 1. The summed E-state index contributed by atoms with van der Waals surface area (Å²) >= 11 is 0. The van der Waals surface area contributed by atoms with Crippen LogP contribution in [0.25, 0.3) is 5.70 Å². The van der Waals surface area contributed by atoms with Gasteiger partial charge in [-0.3, -0.25) is 9.78 Å². The fraction of sp³-hybridized carbons (Fsp3) is 0.550. The molecule has 0 spiro atoms. The van der Waals surface area contributed by atoms with Crippen molar-refractivity contribution in [2.45, 2.75) is 52.2 Å². The highest BCUT2D eigenvalue weighted by atomic mass is 16.5. The van der Waals surface area contributed by atoms with Gasteiger partial charge in [0.25, 0.3) is 0 Å². The lowest BCUT2D eigenvalue weighted by Crippen LogP contribution is -2.43. The zero-order valence-electron chi connectivity index (χ0n) is 16.2. The molecular weight excluding hydrogens is 330 g/mol. The number of carbonyl (C=O) groups excluding carboxylic acids is 1. The summed E-state index contributed by atoms with van der Waals surface area (Å²) in [7, 11) is 1.71. The number of aliphatic hydroxyl groups is 1. The highest BCUT2D eigenvalue weighted by Gasteiger charge is 2.32. The molecule has 0 aromatic carbocycles. The molecule has 1 saturated heterocycles. The van der Waals surface area contributed by atoms with Gasteiger partial charge in [-0.1, -0.05) is 0 Å². The van der Waals surface area contributed by atoms with Crippen LogP contribution in [0.3, 0.4) is 0 Å². The second-order valence-electron chi connectivity index (χ2n) is 7.13. The smallest absolute Gasteiger partial charge is 0.172 e. The van der Waals surface area contributed by atoms with Crippen LogP contribution in [0.2, 0.25) is 0 Å². The minimum absolute atomic E-state index is 0.136. The first-order valence-corrected chi connectivity index (χ1v) is 8.83. The summed E-state index contributed by atoms with van der Waals surface area (Å²) in [6, 6.07) is 3.86. The SMILES string of the molecule is COC1(C)CCN(/C(=C(\C#N)C(C)=O)c2cc([C@H](C)O)ncc2C)CC1. The van der Waals surface area contributed by atoms with Gasteiger partial charge in [0, 0.05) is 32.0 Å². The Labute approximate surface area is 155 Å². The normalized spacial score (nSPS) is 18.7. The highest BCUT2D eigenvalue weighted by molar-refractivity contribution is 6.04. The standard InChI is InChI=1S/C20H27N3O3/c1-13-12-22-18(15(3)25)10-16(13)19(17(11-21)14(2)24)23-8-6-20(4,26-5)7-9-23/h10,12,15,25H,6-9H2,1-5H3/b19-17+/t15-/m0/s1. The van der Waals surface area contributed by atoms with Crippen molar-refractivity contribution in [2.75, 3.05) is 20.2 Å².